The van der Waals surface area contributed by atoms with Gasteiger partial charge >= 0.3 is 0 Å². The Bertz CT molecular complexity index is 567. The van der Waals surface area contributed by atoms with Crippen LogP contribution in [-0.4, -0.2) is 30.1 Å². The second kappa shape index (κ2) is 5.81. The topological polar surface area (TPSA) is 72.7 Å². The first-order chi connectivity index (χ1) is 10.1. The summed E-state index contributed by atoms with van der Waals surface area (Å²) in [6.45, 7) is 1.40. The Morgan fingerprint density at radius 1 is 1.48 bits per heavy atom. The Labute approximate surface area is 122 Å². The summed E-state index contributed by atoms with van der Waals surface area (Å²) in [6, 6.07) is 4.76. The van der Waals surface area contributed by atoms with Crippen LogP contribution >= 0.6 is 0 Å². The minimum Gasteiger partial charge on any atom is -0.378 e. The standard InChI is InChI=1S/C15H18N2O4/c18-15(6-5-13-2-1-9-21-13)16-8-7-11-3-4-12(17(19)20)10-14(11)16/h3-4,10,13H,1-2,5-9H2. The molecule has 1 aromatic rings. The predicted octanol–water partition coefficient (Wildman–Crippen LogP) is 2.44. The van der Waals surface area contributed by atoms with Crippen LogP contribution in [0.4, 0.5) is 11.4 Å². The van der Waals surface area contributed by atoms with Gasteiger partial charge in [0.25, 0.3) is 5.69 Å². The Morgan fingerprint density at radius 3 is 3.05 bits per heavy atom. The van der Waals surface area contributed by atoms with Crippen LogP contribution < -0.4 is 4.90 Å². The molecule has 0 radical (unpaired) electrons. The van der Waals surface area contributed by atoms with Crippen molar-refractivity contribution in [1.82, 2.24) is 0 Å². The molecule has 21 heavy (non-hydrogen) atoms. The van der Waals surface area contributed by atoms with Crippen molar-refractivity contribution in [3.8, 4) is 0 Å². The highest BCUT2D eigenvalue weighted by Gasteiger charge is 2.27. The summed E-state index contributed by atoms with van der Waals surface area (Å²) < 4.78 is 5.53. The molecule has 0 spiro atoms. The Morgan fingerprint density at radius 2 is 2.33 bits per heavy atom. The lowest BCUT2D eigenvalue weighted by molar-refractivity contribution is -0.384. The van der Waals surface area contributed by atoms with Gasteiger partial charge in [-0.05, 0) is 31.2 Å². The van der Waals surface area contributed by atoms with Crippen molar-refractivity contribution in [2.75, 3.05) is 18.1 Å². The summed E-state index contributed by atoms with van der Waals surface area (Å²) in [4.78, 5) is 24.5. The highest BCUT2D eigenvalue weighted by Crippen LogP contribution is 2.32. The number of hydrogen-bond acceptors (Lipinski definition) is 4. The molecule has 1 fully saturated rings. The number of anilines is 1. The fourth-order valence-electron chi connectivity index (χ4n) is 3.03. The Balaban J connectivity index is 1.68. The van der Waals surface area contributed by atoms with E-state index in [0.717, 1.165) is 37.9 Å². The lowest BCUT2D eigenvalue weighted by atomic mass is 10.1. The van der Waals surface area contributed by atoms with Crippen LogP contribution in [0.3, 0.4) is 0 Å². The van der Waals surface area contributed by atoms with E-state index in [1.54, 1.807) is 11.0 Å². The zero-order chi connectivity index (χ0) is 14.8. The van der Waals surface area contributed by atoms with Crippen molar-refractivity contribution in [2.45, 2.75) is 38.2 Å². The van der Waals surface area contributed by atoms with E-state index in [1.165, 1.54) is 12.1 Å². The second-order valence-corrected chi connectivity index (χ2v) is 5.54. The first-order valence-corrected chi connectivity index (χ1v) is 7.34. The molecule has 0 aromatic heterocycles. The highest BCUT2D eigenvalue weighted by atomic mass is 16.6. The molecule has 6 heteroatoms. The number of benzene rings is 1. The SMILES string of the molecule is O=C(CCC1CCCO1)N1CCc2ccc([N+](=O)[O-])cc21. The van der Waals surface area contributed by atoms with Gasteiger partial charge in [0.1, 0.15) is 0 Å². The van der Waals surface area contributed by atoms with Gasteiger partial charge in [0.05, 0.1) is 16.7 Å². The number of carbonyl (C=O) groups is 1. The number of fused-ring (bicyclic) bond motifs is 1. The van der Waals surface area contributed by atoms with Crippen molar-refractivity contribution < 1.29 is 14.5 Å². The molecule has 1 atom stereocenters. The summed E-state index contributed by atoms with van der Waals surface area (Å²) >= 11 is 0. The van der Waals surface area contributed by atoms with E-state index >= 15 is 0 Å². The van der Waals surface area contributed by atoms with E-state index in [4.69, 9.17) is 4.74 Å². The molecule has 2 aliphatic heterocycles. The Hall–Kier alpha value is -1.95. The van der Waals surface area contributed by atoms with Crippen molar-refractivity contribution in [3.05, 3.63) is 33.9 Å². The zero-order valence-corrected chi connectivity index (χ0v) is 11.8. The van der Waals surface area contributed by atoms with Gasteiger partial charge in [0.2, 0.25) is 5.91 Å². The number of hydrogen-bond donors (Lipinski definition) is 0. The van der Waals surface area contributed by atoms with Crippen LogP contribution in [0, 0.1) is 10.1 Å². The molecule has 0 N–H and O–H groups in total. The van der Waals surface area contributed by atoms with Crippen LogP contribution in [0.5, 0.6) is 0 Å². The average Bonchev–Trinajstić information content (AvgIpc) is 3.13. The van der Waals surface area contributed by atoms with E-state index in [2.05, 4.69) is 0 Å². The quantitative estimate of drug-likeness (QED) is 0.630. The zero-order valence-electron chi connectivity index (χ0n) is 11.8. The number of nitro benzene ring substituents is 1. The highest BCUT2D eigenvalue weighted by molar-refractivity contribution is 5.95. The minimum atomic E-state index is -0.423. The van der Waals surface area contributed by atoms with Gasteiger partial charge in [0.15, 0.2) is 0 Å². The molecule has 112 valence electrons. The summed E-state index contributed by atoms with van der Waals surface area (Å²) in [7, 11) is 0. The number of nitro groups is 1. The maximum atomic E-state index is 12.3. The fraction of sp³-hybridized carbons (Fsp3) is 0.533. The summed E-state index contributed by atoms with van der Waals surface area (Å²) in [5.74, 6) is 0.0322. The number of nitrogens with zero attached hydrogens (tertiary/aromatic N) is 2. The molecule has 1 amide bonds. The van der Waals surface area contributed by atoms with Crippen LogP contribution in [0.15, 0.2) is 18.2 Å². The third-order valence-corrected chi connectivity index (χ3v) is 4.18. The first kappa shape index (κ1) is 14.0. The fourth-order valence-corrected chi connectivity index (χ4v) is 3.03. The van der Waals surface area contributed by atoms with Crippen LogP contribution in [0.2, 0.25) is 0 Å². The van der Waals surface area contributed by atoms with E-state index < -0.39 is 4.92 Å². The largest absolute Gasteiger partial charge is 0.378 e. The minimum absolute atomic E-state index is 0.0322. The first-order valence-electron chi connectivity index (χ1n) is 7.34. The van der Waals surface area contributed by atoms with E-state index in [1.807, 2.05) is 0 Å². The van der Waals surface area contributed by atoms with Gasteiger partial charge in [-0.2, -0.15) is 0 Å². The third-order valence-electron chi connectivity index (χ3n) is 4.18. The number of rotatable bonds is 4. The number of carbonyl (C=O) groups excluding carboxylic acids is 1. The predicted molar refractivity (Wildman–Crippen MR) is 77.4 cm³/mol. The molecule has 2 heterocycles. The molecule has 3 rings (SSSR count). The molecule has 1 saturated heterocycles. The molecule has 6 nitrogen and oxygen atoms in total. The molecule has 0 aliphatic carbocycles. The average molecular weight is 290 g/mol. The summed E-state index contributed by atoms with van der Waals surface area (Å²) in [6.07, 6.45) is 4.22. The normalized spacial score (nSPS) is 20.6. The van der Waals surface area contributed by atoms with Gasteiger partial charge in [-0.15, -0.1) is 0 Å². The molecule has 2 aliphatic rings. The van der Waals surface area contributed by atoms with Gasteiger partial charge in [-0.1, -0.05) is 6.07 Å². The lowest BCUT2D eigenvalue weighted by Crippen LogP contribution is -2.29. The molecular formula is C15H18N2O4. The van der Waals surface area contributed by atoms with Crippen molar-refractivity contribution in [1.29, 1.82) is 0 Å². The molecule has 1 unspecified atom stereocenters. The monoisotopic (exact) mass is 290 g/mol. The van der Waals surface area contributed by atoms with Crippen molar-refractivity contribution >= 4 is 17.3 Å². The molecular weight excluding hydrogens is 272 g/mol. The number of amides is 1. The molecule has 0 bridgehead atoms. The molecule has 1 aromatic carbocycles. The second-order valence-electron chi connectivity index (χ2n) is 5.54. The number of ether oxygens (including phenoxy) is 1. The van der Waals surface area contributed by atoms with E-state index in [-0.39, 0.29) is 17.7 Å². The van der Waals surface area contributed by atoms with E-state index in [0.29, 0.717) is 18.7 Å². The lowest BCUT2D eigenvalue weighted by Gasteiger charge is -2.18. The maximum Gasteiger partial charge on any atom is 0.271 e. The smallest absolute Gasteiger partial charge is 0.271 e. The van der Waals surface area contributed by atoms with Gasteiger partial charge in [-0.25, -0.2) is 0 Å². The molecule has 0 saturated carbocycles. The van der Waals surface area contributed by atoms with Gasteiger partial charge in [0, 0.05) is 31.7 Å². The van der Waals surface area contributed by atoms with Crippen LogP contribution in [0.25, 0.3) is 0 Å². The Kier molecular flexibility index (Phi) is 3.88. The number of non-ortho nitro benzene ring substituents is 1. The van der Waals surface area contributed by atoms with Crippen LogP contribution in [0.1, 0.15) is 31.2 Å². The van der Waals surface area contributed by atoms with Crippen molar-refractivity contribution in [3.63, 3.8) is 0 Å². The summed E-state index contributed by atoms with van der Waals surface area (Å²) in [5, 5.41) is 10.9. The van der Waals surface area contributed by atoms with Crippen molar-refractivity contribution in [2.24, 2.45) is 0 Å². The third kappa shape index (κ3) is 2.90. The van der Waals surface area contributed by atoms with E-state index in [9.17, 15) is 14.9 Å². The summed E-state index contributed by atoms with van der Waals surface area (Å²) in [5.41, 5.74) is 1.74. The van der Waals surface area contributed by atoms with Gasteiger partial charge in [-0.3, -0.25) is 14.9 Å². The van der Waals surface area contributed by atoms with Crippen LogP contribution in [-0.2, 0) is 16.0 Å². The maximum absolute atomic E-state index is 12.3. The van der Waals surface area contributed by atoms with Gasteiger partial charge < -0.3 is 9.64 Å².